The van der Waals surface area contributed by atoms with Crippen LogP contribution in [0, 0.1) is 5.92 Å². The first kappa shape index (κ1) is 33.6. The maximum Gasteiger partial charge on any atom is 0.268 e. The third kappa shape index (κ3) is 9.04. The summed E-state index contributed by atoms with van der Waals surface area (Å²) in [5, 5.41) is 0. The van der Waals surface area contributed by atoms with Gasteiger partial charge in [-0.05, 0) is 85.1 Å². The maximum absolute atomic E-state index is 13.5. The van der Waals surface area contributed by atoms with Crippen LogP contribution in [-0.2, 0) is 26.8 Å². The number of benzene rings is 2. The average molecular weight is 600 g/mol. The number of hydrogen-bond acceptors (Lipinski definition) is 6. The van der Waals surface area contributed by atoms with E-state index in [9.17, 15) is 18.0 Å². The number of nitrogens with zero attached hydrogens (tertiary/aromatic N) is 2. The highest BCUT2D eigenvalue weighted by molar-refractivity contribution is 7.90. The lowest BCUT2D eigenvalue weighted by Crippen LogP contribution is -2.34. The Morgan fingerprint density at radius 2 is 1.64 bits per heavy atom. The lowest BCUT2D eigenvalue weighted by Gasteiger charge is -2.29. The van der Waals surface area contributed by atoms with Gasteiger partial charge in [-0.15, -0.1) is 0 Å². The molecule has 0 fully saturated rings. The van der Waals surface area contributed by atoms with Crippen LogP contribution in [0.2, 0.25) is 0 Å². The van der Waals surface area contributed by atoms with Gasteiger partial charge in [0.1, 0.15) is 10.6 Å². The Balaban J connectivity index is 2.00. The molecule has 1 N–H and O–H groups in total. The highest BCUT2D eigenvalue weighted by Gasteiger charge is 2.27. The van der Waals surface area contributed by atoms with E-state index in [0.29, 0.717) is 19.0 Å². The Labute approximate surface area is 252 Å². The van der Waals surface area contributed by atoms with Crippen molar-refractivity contribution in [3.63, 3.8) is 0 Å². The number of carbonyl (C=O) groups is 2. The van der Waals surface area contributed by atoms with Gasteiger partial charge in [0.2, 0.25) is 5.91 Å². The van der Waals surface area contributed by atoms with E-state index >= 15 is 0 Å². The molecule has 0 saturated carbocycles. The number of nitrogens with one attached hydrogen (secondary N) is 1. The van der Waals surface area contributed by atoms with E-state index in [-0.39, 0.29) is 27.5 Å². The number of amides is 2. The van der Waals surface area contributed by atoms with Crippen molar-refractivity contribution in [1.82, 2.24) is 9.62 Å². The van der Waals surface area contributed by atoms with E-state index in [1.807, 2.05) is 26.8 Å². The number of rotatable bonds is 7. The van der Waals surface area contributed by atoms with E-state index in [0.717, 1.165) is 68.4 Å². The Bertz CT molecular complexity index is 1350. The minimum absolute atomic E-state index is 0.0485. The average Bonchev–Trinajstić information content (AvgIpc) is 2.91. The van der Waals surface area contributed by atoms with Crippen molar-refractivity contribution >= 4 is 27.5 Å². The number of fused-ring (bicyclic) bond motifs is 1. The van der Waals surface area contributed by atoms with Crippen LogP contribution in [-0.4, -0.2) is 51.9 Å². The summed E-state index contributed by atoms with van der Waals surface area (Å²) < 4.78 is 34.6. The fourth-order valence-electron chi connectivity index (χ4n) is 5.24. The molecule has 0 bridgehead atoms. The molecule has 2 aromatic rings. The summed E-state index contributed by atoms with van der Waals surface area (Å²) >= 11 is 0. The fourth-order valence-corrected chi connectivity index (χ4v) is 6.41. The first-order valence-corrected chi connectivity index (χ1v) is 16.6. The maximum atomic E-state index is 13.5. The van der Waals surface area contributed by atoms with E-state index < -0.39 is 15.9 Å². The van der Waals surface area contributed by atoms with E-state index in [1.54, 1.807) is 42.2 Å². The molecule has 0 aliphatic carbocycles. The number of ether oxygens (including phenoxy) is 1. The summed E-state index contributed by atoms with van der Waals surface area (Å²) in [5.41, 5.74) is 2.35. The zero-order chi connectivity index (χ0) is 31.1. The van der Waals surface area contributed by atoms with Gasteiger partial charge in [0, 0.05) is 31.3 Å². The summed E-state index contributed by atoms with van der Waals surface area (Å²) in [6.07, 6.45) is 6.39. The molecular formula is C33H49N3O5S. The summed E-state index contributed by atoms with van der Waals surface area (Å²) in [4.78, 5) is 30.3. The Hall–Kier alpha value is -2.91. The molecule has 9 heteroatoms. The molecule has 8 nitrogen and oxygen atoms in total. The number of anilines is 1. The molecular weight excluding hydrogens is 550 g/mol. The highest BCUT2D eigenvalue weighted by atomic mass is 32.2. The third-order valence-corrected chi connectivity index (χ3v) is 9.18. The van der Waals surface area contributed by atoms with Crippen molar-refractivity contribution in [2.24, 2.45) is 5.92 Å². The van der Waals surface area contributed by atoms with Crippen LogP contribution in [0.3, 0.4) is 0 Å². The van der Waals surface area contributed by atoms with Crippen molar-refractivity contribution in [3.8, 4) is 5.75 Å². The number of carbonyl (C=O) groups excluding carboxylic acids is 2. The second-order valence-electron chi connectivity index (χ2n) is 12.8. The predicted octanol–water partition coefficient (Wildman–Crippen LogP) is 6.28. The van der Waals surface area contributed by atoms with Crippen LogP contribution >= 0.6 is 0 Å². The van der Waals surface area contributed by atoms with Crippen LogP contribution in [0.1, 0.15) is 102 Å². The van der Waals surface area contributed by atoms with Crippen molar-refractivity contribution in [2.45, 2.75) is 96.9 Å². The van der Waals surface area contributed by atoms with Crippen LogP contribution in [0.15, 0.2) is 41.3 Å². The minimum Gasteiger partial charge on any atom is -0.495 e. The van der Waals surface area contributed by atoms with Crippen LogP contribution in [0.5, 0.6) is 5.75 Å². The molecule has 1 aliphatic rings. The minimum atomic E-state index is -4.24. The van der Waals surface area contributed by atoms with Crippen LogP contribution in [0.4, 0.5) is 5.69 Å². The Morgan fingerprint density at radius 3 is 2.26 bits per heavy atom. The molecule has 0 unspecified atom stereocenters. The summed E-state index contributed by atoms with van der Waals surface area (Å²) in [6, 6.07) is 10.1. The van der Waals surface area contributed by atoms with Gasteiger partial charge >= 0.3 is 0 Å². The first-order chi connectivity index (χ1) is 19.7. The first-order valence-electron chi connectivity index (χ1n) is 15.1. The number of hydrogen-bond donors (Lipinski definition) is 1. The largest absolute Gasteiger partial charge is 0.495 e. The van der Waals surface area contributed by atoms with Gasteiger partial charge in [-0.3, -0.25) is 14.5 Å². The van der Waals surface area contributed by atoms with Crippen molar-refractivity contribution in [2.75, 3.05) is 31.6 Å². The molecule has 232 valence electrons. The Kier molecular flexibility index (Phi) is 11.6. The molecule has 0 spiro atoms. The molecule has 1 aliphatic heterocycles. The Morgan fingerprint density at radius 1 is 0.976 bits per heavy atom. The lowest BCUT2D eigenvalue weighted by molar-refractivity contribution is -0.116. The van der Waals surface area contributed by atoms with Gasteiger partial charge in [0.25, 0.3) is 15.9 Å². The van der Waals surface area contributed by atoms with E-state index in [1.165, 1.54) is 7.11 Å². The molecule has 42 heavy (non-hydrogen) atoms. The second-order valence-corrected chi connectivity index (χ2v) is 14.4. The molecule has 0 aromatic heterocycles. The molecule has 3 rings (SSSR count). The summed E-state index contributed by atoms with van der Waals surface area (Å²) in [5.74, 6) is -0.0581. The van der Waals surface area contributed by atoms with Crippen molar-refractivity contribution < 1.29 is 22.7 Å². The quantitative estimate of drug-likeness (QED) is 0.403. The molecule has 2 aromatic carbocycles. The molecule has 0 saturated heterocycles. The molecule has 2 amide bonds. The standard InChI is InChI=1S/C33H49N3O5S/c1-24(2)17-20-35-18-11-9-8-10-12-19-36(25(3)37)29-15-13-26(21-27(29)23-35)32(38)34-42(39,40)31-22-28(33(4,5)6)14-16-30(31)41-7/h13-16,21-22,24H,8-12,17-20,23H2,1-7H3,(H,34,38). The fraction of sp³-hybridized carbons (Fsp3) is 0.576. The zero-order valence-electron chi connectivity index (χ0n) is 26.5. The summed E-state index contributed by atoms with van der Waals surface area (Å²) in [7, 11) is -2.83. The van der Waals surface area contributed by atoms with Gasteiger partial charge in [-0.2, -0.15) is 0 Å². The lowest BCUT2D eigenvalue weighted by atomic mass is 9.87. The third-order valence-electron chi connectivity index (χ3n) is 7.83. The van der Waals surface area contributed by atoms with Crippen LogP contribution in [0.25, 0.3) is 0 Å². The topological polar surface area (TPSA) is 96.0 Å². The van der Waals surface area contributed by atoms with Gasteiger partial charge < -0.3 is 9.64 Å². The van der Waals surface area contributed by atoms with E-state index in [2.05, 4.69) is 23.5 Å². The zero-order valence-corrected chi connectivity index (χ0v) is 27.3. The second kappa shape index (κ2) is 14.5. The number of sulfonamides is 1. The van der Waals surface area contributed by atoms with Gasteiger partial charge in [-0.25, -0.2) is 13.1 Å². The number of methoxy groups -OCH3 is 1. The SMILES string of the molecule is COc1ccc(C(C)(C)C)cc1S(=O)(=O)NC(=O)c1ccc2c(c1)CN(CCC(C)C)CCCCCCCN2C(C)=O. The van der Waals surface area contributed by atoms with Gasteiger partial charge in [-0.1, -0.05) is 59.9 Å². The molecule has 0 radical (unpaired) electrons. The van der Waals surface area contributed by atoms with Crippen molar-refractivity contribution in [3.05, 3.63) is 53.1 Å². The summed E-state index contributed by atoms with van der Waals surface area (Å²) in [6.45, 7) is 15.0. The smallest absolute Gasteiger partial charge is 0.268 e. The molecule has 0 atom stereocenters. The van der Waals surface area contributed by atoms with Gasteiger partial charge in [0.05, 0.1) is 7.11 Å². The normalized spacial score (nSPS) is 15.9. The predicted molar refractivity (Wildman–Crippen MR) is 169 cm³/mol. The molecule has 1 heterocycles. The highest BCUT2D eigenvalue weighted by Crippen LogP contribution is 2.31. The van der Waals surface area contributed by atoms with Crippen molar-refractivity contribution in [1.29, 1.82) is 0 Å². The monoisotopic (exact) mass is 599 g/mol. The van der Waals surface area contributed by atoms with E-state index in [4.69, 9.17) is 4.74 Å². The van der Waals surface area contributed by atoms with Crippen LogP contribution < -0.4 is 14.4 Å². The van der Waals surface area contributed by atoms with Gasteiger partial charge in [0.15, 0.2) is 0 Å².